The van der Waals surface area contributed by atoms with Gasteiger partial charge in [-0.1, -0.05) is 29.3 Å². The van der Waals surface area contributed by atoms with Gasteiger partial charge in [0, 0.05) is 13.1 Å². The highest BCUT2D eigenvalue weighted by Crippen LogP contribution is 2.28. The Kier molecular flexibility index (Phi) is 5.79. The Bertz CT molecular complexity index is 691. The van der Waals surface area contributed by atoms with Crippen molar-refractivity contribution in [2.75, 3.05) is 26.2 Å². The van der Waals surface area contributed by atoms with E-state index in [4.69, 9.17) is 32.4 Å². The van der Waals surface area contributed by atoms with Gasteiger partial charge in [0.05, 0.1) is 42.1 Å². The zero-order valence-electron chi connectivity index (χ0n) is 13.0. The number of ether oxygens (including phenoxy) is 1. The number of amides is 1. The molecule has 0 saturated carbocycles. The van der Waals surface area contributed by atoms with Crippen LogP contribution < -0.4 is 5.32 Å². The van der Waals surface area contributed by atoms with Crippen molar-refractivity contribution in [3.05, 3.63) is 58.0 Å². The molecular weight excluding hydrogens is 351 g/mol. The molecule has 2 heterocycles. The van der Waals surface area contributed by atoms with E-state index in [0.717, 1.165) is 11.3 Å². The van der Waals surface area contributed by atoms with Crippen molar-refractivity contribution in [2.45, 2.75) is 12.6 Å². The molecule has 1 aromatic carbocycles. The molecule has 0 bridgehead atoms. The molecule has 1 amide bonds. The minimum atomic E-state index is -0.119. The Hall–Kier alpha value is -1.53. The van der Waals surface area contributed by atoms with Gasteiger partial charge in [-0.25, -0.2) is 0 Å². The number of carbonyl (C=O) groups is 1. The minimum absolute atomic E-state index is 0.0406. The normalized spacial score (nSPS) is 18.5. The highest BCUT2D eigenvalue weighted by Gasteiger charge is 2.24. The van der Waals surface area contributed by atoms with Gasteiger partial charge in [0.15, 0.2) is 0 Å². The van der Waals surface area contributed by atoms with Gasteiger partial charge < -0.3 is 14.5 Å². The molecule has 1 atom stereocenters. The van der Waals surface area contributed by atoms with Gasteiger partial charge in [-0.2, -0.15) is 0 Å². The van der Waals surface area contributed by atoms with E-state index in [1.54, 1.807) is 18.4 Å². The van der Waals surface area contributed by atoms with Crippen LogP contribution >= 0.6 is 23.2 Å². The first-order valence-corrected chi connectivity index (χ1v) is 8.45. The Morgan fingerprint density at radius 1 is 1.29 bits per heavy atom. The zero-order chi connectivity index (χ0) is 16.9. The van der Waals surface area contributed by atoms with Crippen molar-refractivity contribution >= 4 is 29.1 Å². The Labute approximate surface area is 150 Å². The second-order valence-corrected chi connectivity index (χ2v) is 6.44. The first kappa shape index (κ1) is 17.3. The summed E-state index contributed by atoms with van der Waals surface area (Å²) in [4.78, 5) is 14.1. The predicted octanol–water partition coefficient (Wildman–Crippen LogP) is 3.28. The average molecular weight is 369 g/mol. The molecule has 0 radical (unpaired) electrons. The SMILES string of the molecule is O=C(CN1CCOC(c2ccc(Cl)c(Cl)c2)C1)NCc1ccco1. The lowest BCUT2D eigenvalue weighted by molar-refractivity contribution is -0.124. The first-order valence-electron chi connectivity index (χ1n) is 7.70. The number of carbonyl (C=O) groups excluding carboxylic acids is 1. The third-order valence-corrected chi connectivity index (χ3v) is 4.61. The summed E-state index contributed by atoms with van der Waals surface area (Å²) in [5.41, 5.74) is 0.963. The van der Waals surface area contributed by atoms with Crippen LogP contribution in [0.4, 0.5) is 0 Å². The summed E-state index contributed by atoms with van der Waals surface area (Å²) in [6.45, 7) is 2.63. The summed E-state index contributed by atoms with van der Waals surface area (Å²) in [6, 6.07) is 9.10. The summed E-state index contributed by atoms with van der Waals surface area (Å²) in [7, 11) is 0. The molecule has 5 nitrogen and oxygen atoms in total. The number of rotatable bonds is 5. The maximum Gasteiger partial charge on any atom is 0.234 e. The predicted molar refractivity (Wildman–Crippen MR) is 92.1 cm³/mol. The van der Waals surface area contributed by atoms with Crippen molar-refractivity contribution in [3.8, 4) is 0 Å². The van der Waals surface area contributed by atoms with Gasteiger partial charge in [0.2, 0.25) is 5.91 Å². The Morgan fingerprint density at radius 3 is 2.92 bits per heavy atom. The monoisotopic (exact) mass is 368 g/mol. The van der Waals surface area contributed by atoms with E-state index in [1.165, 1.54) is 0 Å². The van der Waals surface area contributed by atoms with E-state index < -0.39 is 0 Å². The molecule has 1 aliphatic rings. The summed E-state index contributed by atoms with van der Waals surface area (Å²) in [5, 5.41) is 3.87. The maximum absolute atomic E-state index is 12.1. The van der Waals surface area contributed by atoms with Crippen LogP contribution in [0.25, 0.3) is 0 Å². The topological polar surface area (TPSA) is 54.7 Å². The lowest BCUT2D eigenvalue weighted by atomic mass is 10.1. The van der Waals surface area contributed by atoms with Crippen molar-refractivity contribution in [3.63, 3.8) is 0 Å². The van der Waals surface area contributed by atoms with Gasteiger partial charge in [0.1, 0.15) is 5.76 Å². The van der Waals surface area contributed by atoms with Crippen LogP contribution in [0.15, 0.2) is 41.0 Å². The number of morpholine rings is 1. The third-order valence-electron chi connectivity index (χ3n) is 3.87. The molecule has 1 saturated heterocycles. The molecule has 1 unspecified atom stereocenters. The van der Waals surface area contributed by atoms with E-state index in [2.05, 4.69) is 10.2 Å². The molecule has 1 aliphatic heterocycles. The second-order valence-electron chi connectivity index (χ2n) is 5.62. The second kappa shape index (κ2) is 8.03. The van der Waals surface area contributed by atoms with E-state index in [0.29, 0.717) is 42.8 Å². The van der Waals surface area contributed by atoms with E-state index >= 15 is 0 Å². The first-order chi connectivity index (χ1) is 11.6. The number of benzene rings is 1. The molecule has 0 aliphatic carbocycles. The van der Waals surface area contributed by atoms with Gasteiger partial charge in [-0.3, -0.25) is 9.69 Å². The molecule has 1 aromatic heterocycles. The third kappa shape index (κ3) is 4.51. The number of furan rings is 1. The fourth-order valence-electron chi connectivity index (χ4n) is 2.62. The number of nitrogens with one attached hydrogen (secondary N) is 1. The number of hydrogen-bond acceptors (Lipinski definition) is 4. The summed E-state index contributed by atoms with van der Waals surface area (Å²) in [5.74, 6) is 0.695. The quantitative estimate of drug-likeness (QED) is 0.879. The minimum Gasteiger partial charge on any atom is -0.467 e. The largest absolute Gasteiger partial charge is 0.467 e. The molecule has 1 N–H and O–H groups in total. The van der Waals surface area contributed by atoms with E-state index in [9.17, 15) is 4.79 Å². The van der Waals surface area contributed by atoms with Crippen LogP contribution in [-0.2, 0) is 16.1 Å². The molecule has 24 heavy (non-hydrogen) atoms. The summed E-state index contributed by atoms with van der Waals surface area (Å²) >= 11 is 12.0. The van der Waals surface area contributed by atoms with E-state index in [1.807, 2.05) is 18.2 Å². The van der Waals surface area contributed by atoms with Gasteiger partial charge >= 0.3 is 0 Å². The van der Waals surface area contributed by atoms with Crippen molar-refractivity contribution in [1.29, 1.82) is 0 Å². The summed E-state index contributed by atoms with van der Waals surface area (Å²) < 4.78 is 11.0. The van der Waals surface area contributed by atoms with Crippen molar-refractivity contribution in [1.82, 2.24) is 10.2 Å². The average Bonchev–Trinajstić information content (AvgIpc) is 3.09. The maximum atomic E-state index is 12.1. The standard InChI is InChI=1S/C17H18Cl2N2O3/c18-14-4-3-12(8-15(14)19)16-10-21(5-7-24-16)11-17(22)20-9-13-2-1-6-23-13/h1-4,6,8,16H,5,7,9-11H2,(H,20,22). The van der Waals surface area contributed by atoms with E-state index in [-0.39, 0.29) is 12.0 Å². The van der Waals surface area contributed by atoms with Gasteiger partial charge in [-0.15, -0.1) is 0 Å². The molecule has 1 fully saturated rings. The van der Waals surface area contributed by atoms with Crippen LogP contribution in [0, 0.1) is 0 Å². The highest BCUT2D eigenvalue weighted by molar-refractivity contribution is 6.42. The fourth-order valence-corrected chi connectivity index (χ4v) is 2.92. The van der Waals surface area contributed by atoms with Gasteiger partial charge in [-0.05, 0) is 29.8 Å². The smallest absolute Gasteiger partial charge is 0.234 e. The molecular formula is C17H18Cl2N2O3. The lowest BCUT2D eigenvalue weighted by Gasteiger charge is -2.32. The number of hydrogen-bond donors (Lipinski definition) is 1. The highest BCUT2D eigenvalue weighted by atomic mass is 35.5. The molecule has 7 heteroatoms. The van der Waals surface area contributed by atoms with Crippen LogP contribution in [-0.4, -0.2) is 37.0 Å². The van der Waals surface area contributed by atoms with Crippen LogP contribution in [0.5, 0.6) is 0 Å². The van der Waals surface area contributed by atoms with Crippen molar-refractivity contribution < 1.29 is 13.9 Å². The Morgan fingerprint density at radius 2 is 2.17 bits per heavy atom. The molecule has 0 spiro atoms. The molecule has 3 rings (SSSR count). The lowest BCUT2D eigenvalue weighted by Crippen LogP contribution is -2.44. The number of nitrogens with zero attached hydrogens (tertiary/aromatic N) is 1. The van der Waals surface area contributed by atoms with Crippen LogP contribution in [0.1, 0.15) is 17.4 Å². The molecule has 128 valence electrons. The van der Waals surface area contributed by atoms with Crippen LogP contribution in [0.3, 0.4) is 0 Å². The number of halogens is 2. The molecule has 2 aromatic rings. The van der Waals surface area contributed by atoms with Crippen molar-refractivity contribution in [2.24, 2.45) is 0 Å². The summed E-state index contributed by atoms with van der Waals surface area (Å²) in [6.07, 6.45) is 1.47. The van der Waals surface area contributed by atoms with Gasteiger partial charge in [0.25, 0.3) is 0 Å². The fraction of sp³-hybridized carbons (Fsp3) is 0.353. The Balaban J connectivity index is 1.53. The van der Waals surface area contributed by atoms with Crippen LogP contribution in [0.2, 0.25) is 10.0 Å². The zero-order valence-corrected chi connectivity index (χ0v) is 14.5.